The molecule has 0 radical (unpaired) electrons. The third-order valence-corrected chi connectivity index (χ3v) is 4.15. The Bertz CT molecular complexity index is 419. The van der Waals surface area contributed by atoms with Crippen molar-refractivity contribution in [2.45, 2.75) is 32.7 Å². The largest absolute Gasteiger partial charge is 0.396 e. The van der Waals surface area contributed by atoms with Gasteiger partial charge in [-0.25, -0.2) is 0 Å². The summed E-state index contributed by atoms with van der Waals surface area (Å²) in [5, 5.41) is 9.23. The van der Waals surface area contributed by atoms with Crippen molar-refractivity contribution in [3.05, 3.63) is 29.3 Å². The first-order valence-corrected chi connectivity index (χ1v) is 7.25. The van der Waals surface area contributed by atoms with Gasteiger partial charge >= 0.3 is 0 Å². The van der Waals surface area contributed by atoms with Crippen molar-refractivity contribution >= 4 is 5.69 Å². The van der Waals surface area contributed by atoms with Gasteiger partial charge in [0.1, 0.15) is 0 Å². The smallest absolute Gasteiger partial charge is 0.0446 e. The van der Waals surface area contributed by atoms with Crippen molar-refractivity contribution in [3.63, 3.8) is 0 Å². The third kappa shape index (κ3) is 3.48. The van der Waals surface area contributed by atoms with Crippen LogP contribution in [0, 0.1) is 13.8 Å². The molecule has 1 atom stereocenters. The van der Waals surface area contributed by atoms with Crippen LogP contribution in [-0.2, 0) is 0 Å². The van der Waals surface area contributed by atoms with E-state index in [9.17, 15) is 5.11 Å². The molecular formula is C16H26N2O. The fraction of sp³-hybridized carbons (Fsp3) is 0.625. The summed E-state index contributed by atoms with van der Waals surface area (Å²) in [5.41, 5.74) is 4.02. The van der Waals surface area contributed by atoms with E-state index in [1.165, 1.54) is 23.2 Å². The Morgan fingerprint density at radius 2 is 2.05 bits per heavy atom. The highest BCUT2D eigenvalue weighted by molar-refractivity contribution is 5.54. The lowest BCUT2D eigenvalue weighted by Crippen LogP contribution is -2.39. The number of anilines is 1. The first kappa shape index (κ1) is 14.4. The number of hydrogen-bond donors (Lipinski definition) is 1. The molecule has 0 aliphatic carbocycles. The molecule has 1 aliphatic rings. The lowest BCUT2D eigenvalue weighted by Gasteiger charge is -2.30. The van der Waals surface area contributed by atoms with E-state index in [4.69, 9.17) is 0 Å². The van der Waals surface area contributed by atoms with E-state index in [0.29, 0.717) is 6.04 Å². The topological polar surface area (TPSA) is 26.7 Å². The predicted molar refractivity (Wildman–Crippen MR) is 80.9 cm³/mol. The maximum Gasteiger partial charge on any atom is 0.0446 e. The summed E-state index contributed by atoms with van der Waals surface area (Å²) in [4.78, 5) is 4.87. The molecule has 106 valence electrons. The molecule has 1 aliphatic heterocycles. The van der Waals surface area contributed by atoms with Crippen LogP contribution in [0.3, 0.4) is 0 Å². The second-order valence-electron chi connectivity index (χ2n) is 5.74. The minimum Gasteiger partial charge on any atom is -0.396 e. The third-order valence-electron chi connectivity index (χ3n) is 4.15. The number of likely N-dealkylation sites (N-methyl/N-ethyl adjacent to an activating group) is 1. The fourth-order valence-corrected chi connectivity index (χ4v) is 3.02. The van der Waals surface area contributed by atoms with Gasteiger partial charge < -0.3 is 14.9 Å². The summed E-state index contributed by atoms with van der Waals surface area (Å²) in [7, 11) is 2.17. The Hall–Kier alpha value is -1.06. The van der Waals surface area contributed by atoms with Crippen molar-refractivity contribution in [2.24, 2.45) is 0 Å². The van der Waals surface area contributed by atoms with Gasteiger partial charge in [-0.3, -0.25) is 0 Å². The molecule has 0 saturated carbocycles. The van der Waals surface area contributed by atoms with Crippen LogP contribution in [0.2, 0.25) is 0 Å². The minimum atomic E-state index is 0.274. The summed E-state index contributed by atoms with van der Waals surface area (Å²) in [6.07, 6.45) is 2.05. The summed E-state index contributed by atoms with van der Waals surface area (Å²) in [6.45, 7) is 7.85. The molecule has 1 aromatic rings. The van der Waals surface area contributed by atoms with E-state index in [2.05, 4.69) is 48.9 Å². The van der Waals surface area contributed by atoms with E-state index in [-0.39, 0.29) is 6.61 Å². The minimum absolute atomic E-state index is 0.274. The molecule has 3 heteroatoms. The van der Waals surface area contributed by atoms with Crippen LogP contribution in [-0.4, -0.2) is 49.3 Å². The first-order chi connectivity index (χ1) is 9.11. The molecule has 0 amide bonds. The van der Waals surface area contributed by atoms with Crippen LogP contribution >= 0.6 is 0 Å². The Kier molecular flexibility index (Phi) is 4.83. The highest BCUT2D eigenvalue weighted by Crippen LogP contribution is 2.24. The summed E-state index contributed by atoms with van der Waals surface area (Å²) >= 11 is 0. The lowest BCUT2D eigenvalue weighted by atomic mass is 10.1. The number of benzene rings is 1. The van der Waals surface area contributed by atoms with Crippen LogP contribution in [0.15, 0.2) is 18.2 Å². The van der Waals surface area contributed by atoms with E-state index in [0.717, 1.165) is 26.1 Å². The normalized spacial score (nSPS) is 21.5. The predicted octanol–water partition coefficient (Wildman–Crippen LogP) is 2.20. The van der Waals surface area contributed by atoms with Crippen molar-refractivity contribution in [3.8, 4) is 0 Å². The number of aliphatic hydroxyl groups excluding tert-OH is 1. The van der Waals surface area contributed by atoms with Gasteiger partial charge in [-0.1, -0.05) is 17.7 Å². The van der Waals surface area contributed by atoms with Gasteiger partial charge in [0.2, 0.25) is 0 Å². The highest BCUT2D eigenvalue weighted by Gasteiger charge is 2.22. The molecule has 1 heterocycles. The van der Waals surface area contributed by atoms with E-state index < -0.39 is 0 Å². The molecular weight excluding hydrogens is 236 g/mol. The van der Waals surface area contributed by atoms with Crippen LogP contribution in [0.5, 0.6) is 0 Å². The summed E-state index contributed by atoms with van der Waals surface area (Å²) < 4.78 is 0. The van der Waals surface area contributed by atoms with Gasteiger partial charge in [0, 0.05) is 31.4 Å². The molecule has 1 N–H and O–H groups in total. The number of aryl methyl sites for hydroxylation is 2. The highest BCUT2D eigenvalue weighted by atomic mass is 16.3. The summed E-state index contributed by atoms with van der Waals surface area (Å²) in [5.74, 6) is 0. The monoisotopic (exact) mass is 262 g/mol. The standard InChI is InChI=1S/C16H26N2O/c1-13-5-6-16(14(2)11-13)18-9-4-8-17(3)15(12-18)7-10-19/h5-6,11,15,19H,4,7-10,12H2,1-3H3. The van der Waals surface area contributed by atoms with Crippen molar-refractivity contribution in [1.29, 1.82) is 0 Å². The fourth-order valence-electron chi connectivity index (χ4n) is 3.02. The molecule has 3 nitrogen and oxygen atoms in total. The Morgan fingerprint density at radius 3 is 2.74 bits per heavy atom. The zero-order valence-corrected chi connectivity index (χ0v) is 12.4. The summed E-state index contributed by atoms with van der Waals surface area (Å²) in [6, 6.07) is 7.14. The van der Waals surface area contributed by atoms with Gasteiger partial charge in [-0.15, -0.1) is 0 Å². The van der Waals surface area contributed by atoms with E-state index >= 15 is 0 Å². The van der Waals surface area contributed by atoms with Crippen LogP contribution in [0.25, 0.3) is 0 Å². The van der Waals surface area contributed by atoms with Gasteiger partial charge in [0.05, 0.1) is 0 Å². The first-order valence-electron chi connectivity index (χ1n) is 7.25. The van der Waals surface area contributed by atoms with E-state index in [1.54, 1.807) is 0 Å². The van der Waals surface area contributed by atoms with Crippen molar-refractivity contribution in [1.82, 2.24) is 4.90 Å². The SMILES string of the molecule is Cc1ccc(N2CCCN(C)C(CCO)C2)c(C)c1. The Morgan fingerprint density at radius 1 is 1.26 bits per heavy atom. The van der Waals surface area contributed by atoms with E-state index in [1.807, 2.05) is 0 Å². The maximum atomic E-state index is 9.23. The van der Waals surface area contributed by atoms with Crippen molar-refractivity contribution in [2.75, 3.05) is 38.2 Å². The molecule has 1 aromatic carbocycles. The average molecular weight is 262 g/mol. The molecule has 0 bridgehead atoms. The molecule has 1 fully saturated rings. The second-order valence-corrected chi connectivity index (χ2v) is 5.74. The van der Waals surface area contributed by atoms with Crippen LogP contribution in [0.4, 0.5) is 5.69 Å². The van der Waals surface area contributed by atoms with Crippen LogP contribution < -0.4 is 4.90 Å². The second kappa shape index (κ2) is 6.40. The maximum absolute atomic E-state index is 9.23. The quantitative estimate of drug-likeness (QED) is 0.904. The van der Waals surface area contributed by atoms with Gasteiger partial charge in [-0.05, 0) is 51.9 Å². The molecule has 19 heavy (non-hydrogen) atoms. The number of aliphatic hydroxyl groups is 1. The molecule has 1 unspecified atom stereocenters. The molecule has 1 saturated heterocycles. The Balaban J connectivity index is 2.18. The van der Waals surface area contributed by atoms with Gasteiger partial charge in [0.15, 0.2) is 0 Å². The lowest BCUT2D eigenvalue weighted by molar-refractivity contribution is 0.196. The van der Waals surface area contributed by atoms with Crippen molar-refractivity contribution < 1.29 is 5.11 Å². The molecule has 0 aromatic heterocycles. The average Bonchev–Trinajstić information content (AvgIpc) is 2.53. The zero-order chi connectivity index (χ0) is 13.8. The van der Waals surface area contributed by atoms with Gasteiger partial charge in [-0.2, -0.15) is 0 Å². The Labute approximate surface area is 116 Å². The molecule has 2 rings (SSSR count). The number of hydrogen-bond acceptors (Lipinski definition) is 3. The zero-order valence-electron chi connectivity index (χ0n) is 12.4. The molecule has 0 spiro atoms. The van der Waals surface area contributed by atoms with Gasteiger partial charge in [0.25, 0.3) is 0 Å². The van der Waals surface area contributed by atoms with Crippen LogP contribution in [0.1, 0.15) is 24.0 Å². The number of nitrogens with zero attached hydrogens (tertiary/aromatic N) is 2. The number of rotatable bonds is 3.